The fourth-order valence-corrected chi connectivity index (χ4v) is 1.97. The summed E-state index contributed by atoms with van der Waals surface area (Å²) in [5.41, 5.74) is 2.62. The molecule has 1 nitrogen and oxygen atoms in total. The third kappa shape index (κ3) is 3.82. The van der Waals surface area contributed by atoms with E-state index in [1.54, 1.807) is 12.1 Å². The molecule has 2 heteroatoms. The lowest BCUT2D eigenvalue weighted by Crippen LogP contribution is -1.89. The Balaban J connectivity index is 1.83. The molecule has 2 aromatic carbocycles. The molecule has 88 valence electrons. The van der Waals surface area contributed by atoms with E-state index in [2.05, 4.69) is 24.8 Å². The lowest BCUT2D eigenvalue weighted by molar-refractivity contribution is 0.475. The van der Waals surface area contributed by atoms with Crippen molar-refractivity contribution in [3.63, 3.8) is 0 Å². The zero-order valence-corrected chi connectivity index (χ0v) is 10.5. The first kappa shape index (κ1) is 12.1. The van der Waals surface area contributed by atoms with Gasteiger partial charge in [-0.1, -0.05) is 24.3 Å². The van der Waals surface area contributed by atoms with Crippen molar-refractivity contribution in [2.45, 2.75) is 24.2 Å². The molecule has 0 aliphatic carbocycles. The zero-order valence-electron chi connectivity index (χ0n) is 9.63. The van der Waals surface area contributed by atoms with Gasteiger partial charge in [0.05, 0.1) is 0 Å². The van der Waals surface area contributed by atoms with Crippen LogP contribution in [0, 0.1) is 0 Å². The van der Waals surface area contributed by atoms with Crippen LogP contribution in [0.25, 0.3) is 0 Å². The van der Waals surface area contributed by atoms with Crippen LogP contribution in [0.3, 0.4) is 0 Å². The molecule has 0 aliphatic rings. The van der Waals surface area contributed by atoms with Crippen LogP contribution in [0.4, 0.5) is 0 Å². The molecule has 0 fully saturated rings. The van der Waals surface area contributed by atoms with E-state index in [0.717, 1.165) is 24.2 Å². The van der Waals surface area contributed by atoms with E-state index in [4.69, 9.17) is 0 Å². The lowest BCUT2D eigenvalue weighted by atomic mass is 10.0. The first-order chi connectivity index (χ1) is 8.24. The molecule has 0 saturated heterocycles. The minimum atomic E-state index is 0.332. The van der Waals surface area contributed by atoms with Crippen LogP contribution in [-0.2, 0) is 12.8 Å². The van der Waals surface area contributed by atoms with Gasteiger partial charge in [0.2, 0.25) is 0 Å². The van der Waals surface area contributed by atoms with E-state index in [9.17, 15) is 5.11 Å². The number of phenolic OH excluding ortho intramolecular Hbond substituents is 1. The van der Waals surface area contributed by atoms with E-state index in [-0.39, 0.29) is 0 Å². The third-order valence-corrected chi connectivity index (χ3v) is 3.10. The number of aromatic hydroxyl groups is 1. The van der Waals surface area contributed by atoms with Crippen LogP contribution >= 0.6 is 12.6 Å². The highest BCUT2D eigenvalue weighted by molar-refractivity contribution is 7.80. The first-order valence-electron chi connectivity index (χ1n) is 5.80. The highest BCUT2D eigenvalue weighted by Gasteiger charge is 1.96. The van der Waals surface area contributed by atoms with E-state index in [0.29, 0.717) is 5.75 Å². The van der Waals surface area contributed by atoms with Crippen LogP contribution < -0.4 is 0 Å². The monoisotopic (exact) mass is 244 g/mol. The Morgan fingerprint density at radius 1 is 0.765 bits per heavy atom. The smallest absolute Gasteiger partial charge is 0.115 e. The molecular formula is C15H16OS. The second-order valence-electron chi connectivity index (χ2n) is 4.19. The molecule has 2 aromatic rings. The normalized spacial score (nSPS) is 10.4. The Bertz CT molecular complexity index is 414. The van der Waals surface area contributed by atoms with Crippen molar-refractivity contribution in [2.75, 3.05) is 0 Å². The SMILES string of the molecule is Oc1ccc(CCCc2ccc(S)cc2)cc1. The Morgan fingerprint density at radius 3 is 1.76 bits per heavy atom. The number of rotatable bonds is 4. The number of aryl methyl sites for hydroxylation is 2. The summed E-state index contributed by atoms with van der Waals surface area (Å²) in [4.78, 5) is 1.01. The average molecular weight is 244 g/mol. The number of hydrogen-bond donors (Lipinski definition) is 2. The van der Waals surface area contributed by atoms with E-state index in [1.165, 1.54) is 11.1 Å². The van der Waals surface area contributed by atoms with Gasteiger partial charge >= 0.3 is 0 Å². The molecule has 0 unspecified atom stereocenters. The van der Waals surface area contributed by atoms with E-state index >= 15 is 0 Å². The molecule has 0 aromatic heterocycles. The van der Waals surface area contributed by atoms with E-state index in [1.807, 2.05) is 24.3 Å². The van der Waals surface area contributed by atoms with Gasteiger partial charge in [-0.05, 0) is 54.7 Å². The average Bonchev–Trinajstić information content (AvgIpc) is 2.34. The Kier molecular flexibility index (Phi) is 4.10. The van der Waals surface area contributed by atoms with Gasteiger partial charge in [-0.3, -0.25) is 0 Å². The van der Waals surface area contributed by atoms with Crippen LogP contribution in [0.5, 0.6) is 5.75 Å². The largest absolute Gasteiger partial charge is 0.508 e. The molecule has 0 heterocycles. The van der Waals surface area contributed by atoms with Crippen LogP contribution in [0.1, 0.15) is 17.5 Å². The van der Waals surface area contributed by atoms with Crippen molar-refractivity contribution in [3.8, 4) is 5.75 Å². The van der Waals surface area contributed by atoms with Gasteiger partial charge in [-0.2, -0.15) is 0 Å². The summed E-state index contributed by atoms with van der Waals surface area (Å²) in [7, 11) is 0. The first-order valence-corrected chi connectivity index (χ1v) is 6.24. The number of thiol groups is 1. The molecule has 0 saturated carbocycles. The van der Waals surface area contributed by atoms with Crippen LogP contribution in [0.15, 0.2) is 53.4 Å². The summed E-state index contributed by atoms with van der Waals surface area (Å²) < 4.78 is 0. The van der Waals surface area contributed by atoms with Gasteiger partial charge in [-0.15, -0.1) is 12.6 Å². The van der Waals surface area contributed by atoms with Gasteiger partial charge in [-0.25, -0.2) is 0 Å². The topological polar surface area (TPSA) is 20.2 Å². The molecule has 0 amide bonds. The predicted molar refractivity (Wildman–Crippen MR) is 73.8 cm³/mol. The second-order valence-corrected chi connectivity index (χ2v) is 4.70. The predicted octanol–water partition coefficient (Wildman–Crippen LogP) is 3.86. The molecule has 17 heavy (non-hydrogen) atoms. The highest BCUT2D eigenvalue weighted by atomic mass is 32.1. The fraction of sp³-hybridized carbons (Fsp3) is 0.200. The Labute approximate surface area is 108 Å². The van der Waals surface area contributed by atoms with Crippen molar-refractivity contribution >= 4 is 12.6 Å². The fourth-order valence-electron chi connectivity index (χ4n) is 1.82. The van der Waals surface area contributed by atoms with Crippen LogP contribution in [0.2, 0.25) is 0 Å². The Hall–Kier alpha value is -1.41. The van der Waals surface area contributed by atoms with Gasteiger partial charge in [0.15, 0.2) is 0 Å². The van der Waals surface area contributed by atoms with Crippen LogP contribution in [-0.4, -0.2) is 5.11 Å². The van der Waals surface area contributed by atoms with Crippen molar-refractivity contribution < 1.29 is 5.11 Å². The molecule has 0 spiro atoms. The van der Waals surface area contributed by atoms with Crippen molar-refractivity contribution in [2.24, 2.45) is 0 Å². The highest BCUT2D eigenvalue weighted by Crippen LogP contribution is 2.14. The lowest BCUT2D eigenvalue weighted by Gasteiger charge is -2.03. The minimum Gasteiger partial charge on any atom is -0.508 e. The summed E-state index contributed by atoms with van der Waals surface area (Å²) in [5, 5.41) is 9.18. The number of phenols is 1. The summed E-state index contributed by atoms with van der Waals surface area (Å²) in [6.07, 6.45) is 3.24. The second kappa shape index (κ2) is 5.78. The quantitative estimate of drug-likeness (QED) is 0.783. The molecular weight excluding hydrogens is 228 g/mol. The third-order valence-electron chi connectivity index (χ3n) is 2.80. The molecule has 0 aliphatic heterocycles. The summed E-state index contributed by atoms with van der Waals surface area (Å²) in [6, 6.07) is 15.7. The number of benzene rings is 2. The van der Waals surface area contributed by atoms with E-state index < -0.39 is 0 Å². The summed E-state index contributed by atoms with van der Waals surface area (Å²) in [5.74, 6) is 0.332. The maximum absolute atomic E-state index is 9.18. The van der Waals surface area contributed by atoms with Gasteiger partial charge in [0.25, 0.3) is 0 Å². The molecule has 2 rings (SSSR count). The van der Waals surface area contributed by atoms with Gasteiger partial charge < -0.3 is 5.11 Å². The maximum atomic E-state index is 9.18. The van der Waals surface area contributed by atoms with Gasteiger partial charge in [0, 0.05) is 4.90 Å². The van der Waals surface area contributed by atoms with Crippen molar-refractivity contribution in [3.05, 3.63) is 59.7 Å². The van der Waals surface area contributed by atoms with Gasteiger partial charge in [0.1, 0.15) is 5.75 Å². The zero-order chi connectivity index (χ0) is 12.1. The van der Waals surface area contributed by atoms with Crippen molar-refractivity contribution in [1.29, 1.82) is 0 Å². The summed E-state index contributed by atoms with van der Waals surface area (Å²) in [6.45, 7) is 0. The maximum Gasteiger partial charge on any atom is 0.115 e. The molecule has 0 radical (unpaired) electrons. The Morgan fingerprint density at radius 2 is 1.24 bits per heavy atom. The van der Waals surface area contributed by atoms with Crippen molar-refractivity contribution in [1.82, 2.24) is 0 Å². The standard InChI is InChI=1S/C15H16OS/c16-14-8-4-12(5-9-14)2-1-3-13-6-10-15(17)11-7-13/h4-11,16-17H,1-3H2. The molecule has 1 N–H and O–H groups in total. The molecule has 0 atom stereocenters. The minimum absolute atomic E-state index is 0.332. The summed E-state index contributed by atoms with van der Waals surface area (Å²) >= 11 is 4.27. The molecule has 0 bridgehead atoms. The number of hydrogen-bond acceptors (Lipinski definition) is 2.